The molecular weight excluding hydrogens is 487 g/mol. The fourth-order valence-electron chi connectivity index (χ4n) is 3.50. The second-order valence-corrected chi connectivity index (χ2v) is 8.70. The molecule has 0 bridgehead atoms. The molecule has 9 heteroatoms. The number of fused-ring (bicyclic) bond motifs is 1. The number of aromatic amines is 1. The number of H-pyrrole nitrogens is 1. The number of aromatic nitrogens is 2. The van der Waals surface area contributed by atoms with Gasteiger partial charge < -0.3 is 15.4 Å². The van der Waals surface area contributed by atoms with E-state index < -0.39 is 12.1 Å². The van der Waals surface area contributed by atoms with Gasteiger partial charge in [-0.15, -0.1) is 0 Å². The summed E-state index contributed by atoms with van der Waals surface area (Å²) in [5.74, 6) is -1.85. The Hall–Kier alpha value is -3.95. The van der Waals surface area contributed by atoms with Crippen LogP contribution in [0.15, 0.2) is 89.6 Å². The number of carbonyl (C=O) groups is 1. The third kappa shape index (κ3) is 6.59. The summed E-state index contributed by atoms with van der Waals surface area (Å²) >= 11 is 1.74. The molecule has 36 heavy (non-hydrogen) atoms. The monoisotopic (exact) mass is 509 g/mol. The number of alkyl halides is 3. The van der Waals surface area contributed by atoms with Gasteiger partial charge in [-0.1, -0.05) is 54.6 Å². The van der Waals surface area contributed by atoms with E-state index in [-0.39, 0.29) is 0 Å². The predicted molar refractivity (Wildman–Crippen MR) is 136 cm³/mol. The first-order valence-electron chi connectivity index (χ1n) is 11.0. The van der Waals surface area contributed by atoms with Crippen LogP contribution < -0.4 is 5.32 Å². The first-order chi connectivity index (χ1) is 17.3. The molecule has 5 rings (SSSR count). The third-order valence-electron chi connectivity index (χ3n) is 5.29. The van der Waals surface area contributed by atoms with Crippen molar-refractivity contribution in [3.63, 3.8) is 0 Å². The SMILES string of the molecule is O=C(O)C(F)(F)F.c1cc(-c2ccc(CNCc3ccsc3)cc2)cc(-c2nc3ccccc3[nH]2)c1. The number of carboxylic acid groups (broad SMARTS) is 1. The molecule has 2 aromatic heterocycles. The van der Waals surface area contributed by atoms with Crippen molar-refractivity contribution >= 4 is 28.3 Å². The number of rotatable bonds is 6. The zero-order valence-corrected chi connectivity index (χ0v) is 19.7. The van der Waals surface area contributed by atoms with Crippen molar-refractivity contribution in [2.24, 2.45) is 0 Å². The second kappa shape index (κ2) is 11.2. The van der Waals surface area contributed by atoms with Gasteiger partial charge in [-0.2, -0.15) is 24.5 Å². The molecule has 2 heterocycles. The highest BCUT2D eigenvalue weighted by molar-refractivity contribution is 7.07. The lowest BCUT2D eigenvalue weighted by Crippen LogP contribution is -2.21. The maximum atomic E-state index is 10.6. The summed E-state index contributed by atoms with van der Waals surface area (Å²) in [6, 6.07) is 27.6. The van der Waals surface area contributed by atoms with Gasteiger partial charge in [-0.05, 0) is 57.3 Å². The molecule has 5 aromatic rings. The molecule has 0 amide bonds. The fraction of sp³-hybridized carbons (Fsp3) is 0.111. The number of nitrogens with zero attached hydrogens (tertiary/aromatic N) is 1. The van der Waals surface area contributed by atoms with E-state index in [0.29, 0.717) is 0 Å². The molecular formula is C27H22F3N3O2S. The minimum atomic E-state index is -5.08. The number of carboxylic acids is 1. The van der Waals surface area contributed by atoms with E-state index in [4.69, 9.17) is 14.9 Å². The summed E-state index contributed by atoms with van der Waals surface area (Å²) in [6.45, 7) is 1.78. The number of aliphatic carboxylic acids is 1. The fourth-order valence-corrected chi connectivity index (χ4v) is 4.16. The van der Waals surface area contributed by atoms with Crippen molar-refractivity contribution < 1.29 is 23.1 Å². The lowest BCUT2D eigenvalue weighted by atomic mass is 10.0. The molecule has 0 spiro atoms. The molecule has 0 aliphatic carbocycles. The molecule has 0 unspecified atom stereocenters. The molecule has 5 nitrogen and oxygen atoms in total. The first-order valence-corrected chi connectivity index (χ1v) is 11.9. The van der Waals surface area contributed by atoms with Crippen LogP contribution in [0.2, 0.25) is 0 Å². The lowest BCUT2D eigenvalue weighted by Gasteiger charge is -2.07. The molecule has 3 aromatic carbocycles. The summed E-state index contributed by atoms with van der Waals surface area (Å²) in [7, 11) is 0. The Balaban J connectivity index is 0.000000384. The highest BCUT2D eigenvalue weighted by atomic mass is 32.1. The Morgan fingerprint density at radius 3 is 2.25 bits per heavy atom. The van der Waals surface area contributed by atoms with Crippen LogP contribution in [0.4, 0.5) is 13.2 Å². The van der Waals surface area contributed by atoms with Gasteiger partial charge >= 0.3 is 12.1 Å². The van der Waals surface area contributed by atoms with E-state index in [2.05, 4.69) is 81.7 Å². The van der Waals surface area contributed by atoms with Crippen molar-refractivity contribution in [3.05, 3.63) is 101 Å². The quantitative estimate of drug-likeness (QED) is 0.233. The molecule has 0 saturated heterocycles. The normalized spacial score (nSPS) is 11.2. The van der Waals surface area contributed by atoms with Crippen LogP contribution in [-0.4, -0.2) is 27.2 Å². The second-order valence-electron chi connectivity index (χ2n) is 7.92. The van der Waals surface area contributed by atoms with Crippen molar-refractivity contribution in [2.45, 2.75) is 19.3 Å². The van der Waals surface area contributed by atoms with Crippen molar-refractivity contribution in [2.75, 3.05) is 0 Å². The molecule has 0 aliphatic rings. The Morgan fingerprint density at radius 2 is 1.58 bits per heavy atom. The smallest absolute Gasteiger partial charge is 0.475 e. The summed E-state index contributed by atoms with van der Waals surface area (Å²) in [5.41, 5.74) is 8.19. The van der Waals surface area contributed by atoms with Gasteiger partial charge in [0.1, 0.15) is 5.82 Å². The van der Waals surface area contributed by atoms with E-state index in [9.17, 15) is 13.2 Å². The summed E-state index contributed by atoms with van der Waals surface area (Å²) < 4.78 is 31.7. The Bertz CT molecular complexity index is 1400. The minimum absolute atomic E-state index is 0.870. The zero-order chi connectivity index (χ0) is 25.5. The zero-order valence-electron chi connectivity index (χ0n) is 18.9. The van der Waals surface area contributed by atoms with Gasteiger partial charge in [0, 0.05) is 18.7 Å². The molecule has 0 fully saturated rings. The number of halogens is 3. The Labute approximate surface area is 209 Å². The third-order valence-corrected chi connectivity index (χ3v) is 6.03. The highest BCUT2D eigenvalue weighted by Crippen LogP contribution is 2.26. The van der Waals surface area contributed by atoms with Crippen LogP contribution in [0, 0.1) is 0 Å². The molecule has 0 atom stereocenters. The Kier molecular flexibility index (Phi) is 7.82. The van der Waals surface area contributed by atoms with Gasteiger partial charge in [0.15, 0.2) is 0 Å². The molecule has 0 radical (unpaired) electrons. The average molecular weight is 510 g/mol. The number of hydrogen-bond donors (Lipinski definition) is 3. The van der Waals surface area contributed by atoms with E-state index in [1.807, 2.05) is 18.2 Å². The lowest BCUT2D eigenvalue weighted by molar-refractivity contribution is -0.192. The van der Waals surface area contributed by atoms with Gasteiger partial charge in [-0.3, -0.25) is 0 Å². The van der Waals surface area contributed by atoms with Crippen molar-refractivity contribution in [1.29, 1.82) is 0 Å². The number of hydrogen-bond acceptors (Lipinski definition) is 4. The number of para-hydroxylation sites is 2. The van der Waals surface area contributed by atoms with E-state index in [1.54, 1.807) is 11.3 Å². The minimum Gasteiger partial charge on any atom is -0.475 e. The number of nitrogens with one attached hydrogen (secondary N) is 2. The van der Waals surface area contributed by atoms with Gasteiger partial charge in [0.05, 0.1) is 11.0 Å². The maximum Gasteiger partial charge on any atom is 0.490 e. The average Bonchev–Trinajstić information content (AvgIpc) is 3.54. The Morgan fingerprint density at radius 1 is 0.889 bits per heavy atom. The van der Waals surface area contributed by atoms with Crippen LogP contribution in [0.25, 0.3) is 33.5 Å². The molecule has 3 N–H and O–H groups in total. The molecule has 184 valence electrons. The summed E-state index contributed by atoms with van der Waals surface area (Å²) in [6.07, 6.45) is -5.08. The van der Waals surface area contributed by atoms with E-state index in [1.165, 1.54) is 22.3 Å². The van der Waals surface area contributed by atoms with Crippen LogP contribution in [0.3, 0.4) is 0 Å². The maximum absolute atomic E-state index is 10.6. The topological polar surface area (TPSA) is 78.0 Å². The van der Waals surface area contributed by atoms with Crippen LogP contribution in [-0.2, 0) is 17.9 Å². The van der Waals surface area contributed by atoms with E-state index >= 15 is 0 Å². The number of imidazole rings is 1. The highest BCUT2D eigenvalue weighted by Gasteiger charge is 2.38. The number of thiophene rings is 1. The van der Waals surface area contributed by atoms with Crippen molar-refractivity contribution in [3.8, 4) is 22.5 Å². The number of benzene rings is 3. The van der Waals surface area contributed by atoms with E-state index in [0.717, 1.165) is 35.5 Å². The summed E-state index contributed by atoms with van der Waals surface area (Å²) in [4.78, 5) is 17.0. The predicted octanol–water partition coefficient (Wildman–Crippen LogP) is 6.88. The van der Waals surface area contributed by atoms with Gasteiger partial charge in [0.2, 0.25) is 0 Å². The standard InChI is InChI=1S/C25H21N3S.C2HF3O2/c1-2-7-24-23(6-1)27-25(28-24)22-5-3-4-21(14-22)20-10-8-18(9-11-20)15-26-16-19-12-13-29-17-19;3-2(4,5)1(6)7/h1-14,17,26H,15-16H2,(H,27,28);(H,6,7). The first kappa shape index (κ1) is 25.2. The molecule has 0 aliphatic heterocycles. The largest absolute Gasteiger partial charge is 0.490 e. The summed E-state index contributed by atoms with van der Waals surface area (Å²) in [5, 5.41) is 14.9. The van der Waals surface area contributed by atoms with Crippen LogP contribution in [0.5, 0.6) is 0 Å². The van der Waals surface area contributed by atoms with Crippen LogP contribution in [0.1, 0.15) is 11.1 Å². The van der Waals surface area contributed by atoms with Gasteiger partial charge in [-0.25, -0.2) is 9.78 Å². The molecule has 0 saturated carbocycles. The van der Waals surface area contributed by atoms with Crippen molar-refractivity contribution in [1.82, 2.24) is 15.3 Å². The van der Waals surface area contributed by atoms with Gasteiger partial charge in [0.25, 0.3) is 0 Å². The van der Waals surface area contributed by atoms with Crippen LogP contribution >= 0.6 is 11.3 Å².